The van der Waals surface area contributed by atoms with Gasteiger partial charge in [0.25, 0.3) is 0 Å². The second-order valence-corrected chi connectivity index (χ2v) is 5.06. The van der Waals surface area contributed by atoms with Gasteiger partial charge in [-0.15, -0.1) is 0 Å². The number of rotatable bonds is 2. The molecule has 3 nitrogen and oxygen atoms in total. The SMILES string of the molecule is C=C1C(=O)OC[C@H]1[C@H](O)CC(C)(C)C. The molecule has 0 saturated carbocycles. The van der Waals surface area contributed by atoms with Gasteiger partial charge in [-0.3, -0.25) is 0 Å². The Balaban J connectivity index is 2.58. The van der Waals surface area contributed by atoms with E-state index in [0.717, 1.165) is 0 Å². The van der Waals surface area contributed by atoms with Crippen LogP contribution in [0.2, 0.25) is 0 Å². The molecule has 2 atom stereocenters. The van der Waals surface area contributed by atoms with Crippen molar-refractivity contribution < 1.29 is 14.6 Å². The summed E-state index contributed by atoms with van der Waals surface area (Å²) in [5.41, 5.74) is 0.451. The lowest BCUT2D eigenvalue weighted by atomic mass is 9.83. The Labute approximate surface area is 84.8 Å². The van der Waals surface area contributed by atoms with Gasteiger partial charge in [-0.2, -0.15) is 0 Å². The smallest absolute Gasteiger partial charge is 0.333 e. The predicted molar refractivity (Wildman–Crippen MR) is 53.7 cm³/mol. The van der Waals surface area contributed by atoms with E-state index in [1.807, 2.05) is 0 Å². The van der Waals surface area contributed by atoms with Crippen molar-refractivity contribution in [2.45, 2.75) is 33.3 Å². The van der Waals surface area contributed by atoms with Crippen LogP contribution in [0, 0.1) is 11.3 Å². The number of esters is 1. The molecule has 0 unspecified atom stereocenters. The zero-order valence-electron chi connectivity index (χ0n) is 9.04. The van der Waals surface area contributed by atoms with E-state index in [1.165, 1.54) is 0 Å². The van der Waals surface area contributed by atoms with Crippen LogP contribution in [-0.4, -0.2) is 23.8 Å². The van der Waals surface area contributed by atoms with Crippen LogP contribution in [0.25, 0.3) is 0 Å². The number of ether oxygens (including phenoxy) is 1. The van der Waals surface area contributed by atoms with Crippen molar-refractivity contribution >= 4 is 5.97 Å². The van der Waals surface area contributed by atoms with Gasteiger partial charge in [-0.1, -0.05) is 27.4 Å². The lowest BCUT2D eigenvalue weighted by Crippen LogP contribution is -2.27. The van der Waals surface area contributed by atoms with Gasteiger partial charge in [0.05, 0.1) is 12.0 Å². The maximum absolute atomic E-state index is 11.0. The third kappa shape index (κ3) is 2.58. The summed E-state index contributed by atoms with van der Waals surface area (Å²) < 4.78 is 4.81. The first-order chi connectivity index (χ1) is 6.31. The third-order valence-electron chi connectivity index (χ3n) is 2.39. The average Bonchev–Trinajstić information content (AvgIpc) is 2.29. The first-order valence-electron chi connectivity index (χ1n) is 4.85. The molecule has 0 radical (unpaired) electrons. The molecule has 3 heteroatoms. The molecule has 1 aliphatic heterocycles. The number of hydrogen-bond donors (Lipinski definition) is 1. The summed E-state index contributed by atoms with van der Waals surface area (Å²) >= 11 is 0. The molecule has 0 amide bonds. The van der Waals surface area contributed by atoms with Crippen LogP contribution in [0.1, 0.15) is 27.2 Å². The first kappa shape index (κ1) is 11.2. The van der Waals surface area contributed by atoms with E-state index in [4.69, 9.17) is 4.74 Å². The van der Waals surface area contributed by atoms with Crippen LogP contribution in [0.5, 0.6) is 0 Å². The van der Waals surface area contributed by atoms with Gasteiger partial charge in [-0.25, -0.2) is 4.79 Å². The fourth-order valence-electron chi connectivity index (χ4n) is 1.62. The van der Waals surface area contributed by atoms with Gasteiger partial charge in [0.2, 0.25) is 0 Å². The Morgan fingerprint density at radius 1 is 1.64 bits per heavy atom. The summed E-state index contributed by atoms with van der Waals surface area (Å²) in [6.07, 6.45) is 0.113. The van der Waals surface area contributed by atoms with Crippen molar-refractivity contribution in [3.8, 4) is 0 Å². The van der Waals surface area contributed by atoms with Gasteiger partial charge in [0.15, 0.2) is 0 Å². The van der Waals surface area contributed by atoms with Gasteiger partial charge in [-0.05, 0) is 11.8 Å². The summed E-state index contributed by atoms with van der Waals surface area (Å²) in [6.45, 7) is 10.1. The molecular weight excluding hydrogens is 180 g/mol. The molecule has 0 aromatic carbocycles. The normalized spacial score (nSPS) is 25.0. The summed E-state index contributed by atoms with van der Waals surface area (Å²) in [6, 6.07) is 0. The molecule has 1 heterocycles. The average molecular weight is 198 g/mol. The van der Waals surface area contributed by atoms with E-state index >= 15 is 0 Å². The molecule has 0 aromatic rings. The van der Waals surface area contributed by atoms with Crippen LogP contribution in [0.15, 0.2) is 12.2 Å². The van der Waals surface area contributed by atoms with E-state index in [-0.39, 0.29) is 23.9 Å². The summed E-state index contributed by atoms with van der Waals surface area (Å²) in [7, 11) is 0. The molecule has 0 bridgehead atoms. The Morgan fingerprint density at radius 2 is 2.21 bits per heavy atom. The second kappa shape index (κ2) is 3.73. The van der Waals surface area contributed by atoms with Gasteiger partial charge < -0.3 is 9.84 Å². The van der Waals surface area contributed by atoms with Crippen LogP contribution in [0.3, 0.4) is 0 Å². The number of carbonyl (C=O) groups excluding carboxylic acids is 1. The number of aliphatic hydroxyl groups is 1. The lowest BCUT2D eigenvalue weighted by molar-refractivity contribution is -0.135. The van der Waals surface area contributed by atoms with Crippen molar-refractivity contribution in [1.29, 1.82) is 0 Å². The predicted octanol–water partition coefficient (Wildman–Crippen LogP) is 1.51. The molecule has 1 saturated heterocycles. The molecule has 1 fully saturated rings. The van der Waals surface area contributed by atoms with E-state index in [2.05, 4.69) is 27.4 Å². The van der Waals surface area contributed by atoms with Crippen LogP contribution < -0.4 is 0 Å². The third-order valence-corrected chi connectivity index (χ3v) is 2.39. The fourth-order valence-corrected chi connectivity index (χ4v) is 1.62. The Kier molecular flexibility index (Phi) is 3.00. The lowest BCUT2D eigenvalue weighted by Gasteiger charge is -2.25. The highest BCUT2D eigenvalue weighted by Crippen LogP contribution is 2.30. The van der Waals surface area contributed by atoms with Crippen LogP contribution in [0.4, 0.5) is 0 Å². The van der Waals surface area contributed by atoms with Crippen molar-refractivity contribution in [3.63, 3.8) is 0 Å². The van der Waals surface area contributed by atoms with Crippen LogP contribution >= 0.6 is 0 Å². The summed E-state index contributed by atoms with van der Waals surface area (Å²) in [5, 5.41) is 9.88. The van der Waals surface area contributed by atoms with Crippen molar-refractivity contribution in [2.24, 2.45) is 11.3 Å². The standard InChI is InChI=1S/C11H18O3/c1-7-8(6-14-10(7)13)9(12)5-11(2,3)4/h8-9,12H,1,5-6H2,2-4H3/t8-,9-/m1/s1. The highest BCUT2D eigenvalue weighted by atomic mass is 16.5. The minimum Gasteiger partial charge on any atom is -0.462 e. The van der Waals surface area contributed by atoms with Crippen molar-refractivity contribution in [2.75, 3.05) is 6.61 Å². The molecule has 0 aromatic heterocycles. The minimum absolute atomic E-state index is 0.0470. The zero-order valence-corrected chi connectivity index (χ0v) is 9.04. The molecule has 14 heavy (non-hydrogen) atoms. The van der Waals surface area contributed by atoms with Gasteiger partial charge in [0, 0.05) is 5.57 Å². The molecule has 1 rings (SSSR count). The Bertz CT molecular complexity index is 250. The first-order valence-corrected chi connectivity index (χ1v) is 4.85. The topological polar surface area (TPSA) is 46.5 Å². The summed E-state index contributed by atoms with van der Waals surface area (Å²) in [4.78, 5) is 11.0. The maximum Gasteiger partial charge on any atom is 0.333 e. The molecule has 0 aliphatic carbocycles. The Hall–Kier alpha value is -0.830. The van der Waals surface area contributed by atoms with Gasteiger partial charge in [0.1, 0.15) is 6.61 Å². The molecule has 1 aliphatic rings. The quantitative estimate of drug-likeness (QED) is 0.540. The molecule has 1 N–H and O–H groups in total. The minimum atomic E-state index is -0.533. The molecule has 80 valence electrons. The summed E-state index contributed by atoms with van der Waals surface area (Å²) in [5.74, 6) is -0.593. The highest BCUT2D eigenvalue weighted by Gasteiger charge is 2.35. The largest absolute Gasteiger partial charge is 0.462 e. The van der Waals surface area contributed by atoms with Crippen molar-refractivity contribution in [1.82, 2.24) is 0 Å². The van der Waals surface area contributed by atoms with E-state index in [0.29, 0.717) is 12.0 Å². The number of carbonyl (C=O) groups is 1. The molecule has 0 spiro atoms. The fraction of sp³-hybridized carbons (Fsp3) is 0.727. The maximum atomic E-state index is 11.0. The molecular formula is C11H18O3. The monoisotopic (exact) mass is 198 g/mol. The van der Waals surface area contributed by atoms with Crippen LogP contribution in [-0.2, 0) is 9.53 Å². The highest BCUT2D eigenvalue weighted by molar-refractivity contribution is 5.90. The van der Waals surface area contributed by atoms with Crippen molar-refractivity contribution in [3.05, 3.63) is 12.2 Å². The Morgan fingerprint density at radius 3 is 2.57 bits per heavy atom. The van der Waals surface area contributed by atoms with Gasteiger partial charge >= 0.3 is 5.97 Å². The zero-order chi connectivity index (χ0) is 10.9. The van der Waals surface area contributed by atoms with E-state index in [1.54, 1.807) is 0 Å². The number of aliphatic hydroxyl groups excluding tert-OH is 1. The second-order valence-electron chi connectivity index (χ2n) is 5.06. The van der Waals surface area contributed by atoms with E-state index in [9.17, 15) is 9.90 Å². The van der Waals surface area contributed by atoms with E-state index < -0.39 is 6.10 Å². The number of hydrogen-bond acceptors (Lipinski definition) is 3. The number of cyclic esters (lactones) is 1.